The second kappa shape index (κ2) is 7.04. The molecule has 0 radical (unpaired) electrons. The molecule has 1 aliphatic heterocycles. The lowest BCUT2D eigenvalue weighted by molar-refractivity contribution is -0.163. The molecule has 1 heterocycles. The summed E-state index contributed by atoms with van der Waals surface area (Å²) >= 11 is 0. The number of piperidine rings is 1. The zero-order valence-electron chi connectivity index (χ0n) is 12.9. The quantitative estimate of drug-likeness (QED) is 0.778. The van der Waals surface area contributed by atoms with E-state index >= 15 is 0 Å². The first kappa shape index (κ1) is 16.9. The number of rotatable bonds is 4. The summed E-state index contributed by atoms with van der Waals surface area (Å²) in [5.41, 5.74) is -0.508. The van der Waals surface area contributed by atoms with Crippen LogP contribution in [0.15, 0.2) is 0 Å². The molecular weight excluding hydrogens is 262 g/mol. The average molecular weight is 287 g/mol. The number of esters is 2. The lowest BCUT2D eigenvalue weighted by atomic mass is 10.0. The summed E-state index contributed by atoms with van der Waals surface area (Å²) in [5.74, 6) is -0.686. The molecule has 1 rings (SSSR count). The summed E-state index contributed by atoms with van der Waals surface area (Å²) in [6.45, 7) is 7.81. The molecule has 116 valence electrons. The van der Waals surface area contributed by atoms with Crippen molar-refractivity contribution in [2.75, 3.05) is 13.7 Å². The summed E-state index contributed by atoms with van der Waals surface area (Å²) in [6, 6.07) is -0.391. The molecule has 0 spiro atoms. The molecule has 6 nitrogen and oxygen atoms in total. The Hall–Kier alpha value is -1.14. The summed E-state index contributed by atoms with van der Waals surface area (Å²) in [4.78, 5) is 23.3. The third-order valence-corrected chi connectivity index (χ3v) is 2.98. The molecule has 20 heavy (non-hydrogen) atoms. The zero-order chi connectivity index (χ0) is 15.3. The van der Waals surface area contributed by atoms with Gasteiger partial charge in [0.25, 0.3) is 0 Å². The Kier molecular flexibility index (Phi) is 5.95. The van der Waals surface area contributed by atoms with Crippen LogP contribution < -0.4 is 5.32 Å². The highest BCUT2D eigenvalue weighted by Gasteiger charge is 2.32. The highest BCUT2D eigenvalue weighted by Crippen LogP contribution is 2.18. The Balaban J connectivity index is 2.50. The van der Waals surface area contributed by atoms with Gasteiger partial charge in [-0.25, -0.2) is 4.79 Å². The molecule has 1 N–H and O–H groups in total. The van der Waals surface area contributed by atoms with Gasteiger partial charge < -0.3 is 19.5 Å². The normalized spacial score (nSPS) is 24.9. The van der Waals surface area contributed by atoms with Gasteiger partial charge in [0.2, 0.25) is 0 Å². The first-order valence-corrected chi connectivity index (χ1v) is 6.92. The van der Waals surface area contributed by atoms with Crippen molar-refractivity contribution in [1.29, 1.82) is 0 Å². The van der Waals surface area contributed by atoms with Gasteiger partial charge in [-0.2, -0.15) is 0 Å². The maximum atomic E-state index is 12.0. The van der Waals surface area contributed by atoms with Crippen LogP contribution in [0.25, 0.3) is 0 Å². The highest BCUT2D eigenvalue weighted by atomic mass is 16.6. The lowest BCUT2D eigenvalue weighted by Gasteiger charge is -2.32. The van der Waals surface area contributed by atoms with Gasteiger partial charge in [0.15, 0.2) is 6.10 Å². The average Bonchev–Trinajstić information content (AvgIpc) is 2.36. The Bertz CT molecular complexity index is 350. The molecule has 0 bridgehead atoms. The van der Waals surface area contributed by atoms with E-state index in [2.05, 4.69) is 10.1 Å². The van der Waals surface area contributed by atoms with Crippen molar-refractivity contribution in [1.82, 2.24) is 5.32 Å². The number of ether oxygens (including phenoxy) is 3. The van der Waals surface area contributed by atoms with Crippen molar-refractivity contribution < 1.29 is 23.8 Å². The van der Waals surface area contributed by atoms with Crippen LogP contribution in [0, 0.1) is 0 Å². The predicted molar refractivity (Wildman–Crippen MR) is 73.2 cm³/mol. The first-order chi connectivity index (χ1) is 9.23. The van der Waals surface area contributed by atoms with Crippen molar-refractivity contribution in [2.24, 2.45) is 0 Å². The Morgan fingerprint density at radius 2 is 1.95 bits per heavy atom. The SMILES string of the molecule is COC(=O)[C@H](C)OC1CCNC(C(=O)OC(C)(C)C)C1. The second-order valence-corrected chi connectivity index (χ2v) is 5.99. The number of methoxy groups -OCH3 is 1. The standard InChI is InChI=1S/C14H25NO5/c1-9(12(16)18-5)19-10-6-7-15-11(8-10)13(17)20-14(2,3)4/h9-11,15H,6-8H2,1-5H3/t9-,10?,11?/m0/s1. The molecule has 6 heteroatoms. The largest absolute Gasteiger partial charge is 0.467 e. The van der Waals surface area contributed by atoms with Crippen LogP contribution in [0.3, 0.4) is 0 Å². The molecule has 0 saturated carbocycles. The van der Waals surface area contributed by atoms with Gasteiger partial charge in [0.05, 0.1) is 13.2 Å². The molecule has 0 aromatic carbocycles. The fraction of sp³-hybridized carbons (Fsp3) is 0.857. The summed E-state index contributed by atoms with van der Waals surface area (Å²) in [7, 11) is 1.33. The van der Waals surface area contributed by atoms with E-state index in [1.807, 2.05) is 20.8 Å². The van der Waals surface area contributed by atoms with Gasteiger partial charge >= 0.3 is 11.9 Å². The monoisotopic (exact) mass is 287 g/mol. The Morgan fingerprint density at radius 1 is 1.30 bits per heavy atom. The number of hydrogen-bond acceptors (Lipinski definition) is 6. The summed E-state index contributed by atoms with van der Waals surface area (Å²) in [6.07, 6.45) is 0.474. The van der Waals surface area contributed by atoms with Gasteiger partial charge in [-0.3, -0.25) is 4.79 Å². The molecular formula is C14H25NO5. The maximum Gasteiger partial charge on any atom is 0.334 e. The van der Waals surface area contributed by atoms with Crippen molar-refractivity contribution in [3.8, 4) is 0 Å². The van der Waals surface area contributed by atoms with Gasteiger partial charge in [-0.15, -0.1) is 0 Å². The predicted octanol–water partition coefficient (Wildman–Crippen LogP) is 1.03. The van der Waals surface area contributed by atoms with Crippen molar-refractivity contribution in [2.45, 2.75) is 64.4 Å². The third-order valence-electron chi connectivity index (χ3n) is 2.98. The Morgan fingerprint density at radius 3 is 2.50 bits per heavy atom. The van der Waals surface area contributed by atoms with Gasteiger partial charge in [-0.05, 0) is 47.1 Å². The van der Waals surface area contributed by atoms with E-state index in [1.165, 1.54) is 7.11 Å². The van der Waals surface area contributed by atoms with Crippen LogP contribution in [0.5, 0.6) is 0 Å². The molecule has 1 aliphatic rings. The molecule has 0 amide bonds. The van der Waals surface area contributed by atoms with E-state index < -0.39 is 23.7 Å². The molecule has 2 unspecified atom stereocenters. The zero-order valence-corrected chi connectivity index (χ0v) is 12.9. The maximum absolute atomic E-state index is 12.0. The van der Waals surface area contributed by atoms with E-state index in [0.717, 1.165) is 6.42 Å². The van der Waals surface area contributed by atoms with Crippen LogP contribution in [0.1, 0.15) is 40.5 Å². The minimum atomic E-state index is -0.623. The number of hydrogen-bond donors (Lipinski definition) is 1. The van der Waals surface area contributed by atoms with Crippen LogP contribution in [-0.4, -0.2) is 49.4 Å². The fourth-order valence-electron chi connectivity index (χ4n) is 2.07. The number of carbonyl (C=O) groups excluding carboxylic acids is 2. The highest BCUT2D eigenvalue weighted by molar-refractivity contribution is 5.76. The fourth-order valence-corrected chi connectivity index (χ4v) is 2.07. The smallest absolute Gasteiger partial charge is 0.334 e. The number of nitrogens with one attached hydrogen (secondary N) is 1. The minimum absolute atomic E-state index is 0.150. The first-order valence-electron chi connectivity index (χ1n) is 6.92. The van der Waals surface area contributed by atoms with Crippen LogP contribution in [0.4, 0.5) is 0 Å². The molecule has 3 atom stereocenters. The molecule has 0 aliphatic carbocycles. The van der Waals surface area contributed by atoms with E-state index in [1.54, 1.807) is 6.92 Å². The van der Waals surface area contributed by atoms with Gasteiger partial charge in [0, 0.05) is 0 Å². The third kappa shape index (κ3) is 5.46. The second-order valence-electron chi connectivity index (χ2n) is 5.99. The van der Waals surface area contributed by atoms with Crippen molar-refractivity contribution in [3.05, 3.63) is 0 Å². The van der Waals surface area contributed by atoms with E-state index in [0.29, 0.717) is 13.0 Å². The van der Waals surface area contributed by atoms with E-state index in [-0.39, 0.29) is 12.1 Å². The van der Waals surface area contributed by atoms with E-state index in [4.69, 9.17) is 9.47 Å². The van der Waals surface area contributed by atoms with Gasteiger partial charge in [-0.1, -0.05) is 0 Å². The molecule has 0 aromatic heterocycles. The molecule has 1 saturated heterocycles. The molecule has 0 aromatic rings. The minimum Gasteiger partial charge on any atom is -0.467 e. The summed E-state index contributed by atoms with van der Waals surface area (Å²) < 4.78 is 15.6. The Labute approximate surface area is 120 Å². The summed E-state index contributed by atoms with van der Waals surface area (Å²) in [5, 5.41) is 3.12. The lowest BCUT2D eigenvalue weighted by Crippen LogP contribution is -2.49. The van der Waals surface area contributed by atoms with Crippen molar-refractivity contribution >= 4 is 11.9 Å². The molecule has 1 fully saturated rings. The van der Waals surface area contributed by atoms with Crippen molar-refractivity contribution in [3.63, 3.8) is 0 Å². The van der Waals surface area contributed by atoms with Gasteiger partial charge in [0.1, 0.15) is 11.6 Å². The van der Waals surface area contributed by atoms with E-state index in [9.17, 15) is 9.59 Å². The van der Waals surface area contributed by atoms with Crippen LogP contribution >= 0.6 is 0 Å². The van der Waals surface area contributed by atoms with Crippen LogP contribution in [-0.2, 0) is 23.8 Å². The number of carbonyl (C=O) groups is 2. The van der Waals surface area contributed by atoms with Crippen LogP contribution in [0.2, 0.25) is 0 Å². The topological polar surface area (TPSA) is 73.9 Å².